The fourth-order valence-corrected chi connectivity index (χ4v) is 1.76. The number of fused-ring (bicyclic) bond motifs is 1. The largest absolute Gasteiger partial charge is 0.462 e. The van der Waals surface area contributed by atoms with Crippen molar-refractivity contribution in [1.82, 2.24) is 4.98 Å². The van der Waals surface area contributed by atoms with Gasteiger partial charge in [0.15, 0.2) is 0 Å². The van der Waals surface area contributed by atoms with Crippen molar-refractivity contribution in [3.63, 3.8) is 0 Å². The maximum atomic E-state index is 11.6. The van der Waals surface area contributed by atoms with E-state index >= 15 is 0 Å². The van der Waals surface area contributed by atoms with Crippen LogP contribution in [-0.4, -0.2) is 23.8 Å². The van der Waals surface area contributed by atoms with Crippen LogP contribution in [0.4, 0.5) is 5.69 Å². The van der Waals surface area contributed by atoms with Crippen LogP contribution >= 0.6 is 0 Å². The molecule has 1 heterocycles. The summed E-state index contributed by atoms with van der Waals surface area (Å²) in [5.74, 6) is -0.520. The Kier molecular flexibility index (Phi) is 4.44. The highest BCUT2D eigenvalue weighted by atomic mass is 16.5. The van der Waals surface area contributed by atoms with Crippen molar-refractivity contribution in [2.24, 2.45) is 0 Å². The van der Waals surface area contributed by atoms with E-state index in [4.69, 9.17) is 10.1 Å². The number of anilines is 1. The number of carbonyl (C=O) groups excluding carboxylic acids is 1. The number of benzene rings is 1. The molecule has 5 nitrogen and oxygen atoms in total. The van der Waals surface area contributed by atoms with E-state index in [0.717, 1.165) is 22.8 Å². The molecule has 102 valence electrons. The summed E-state index contributed by atoms with van der Waals surface area (Å²) in [7, 11) is 0. The molecule has 0 atom stereocenters. The molecule has 1 aromatic carbocycles. The lowest BCUT2D eigenvalue weighted by Crippen LogP contribution is -2.10. The molecule has 0 saturated heterocycles. The van der Waals surface area contributed by atoms with E-state index in [1.54, 1.807) is 13.1 Å². The van der Waals surface area contributed by atoms with Gasteiger partial charge in [0.25, 0.3) is 0 Å². The first-order chi connectivity index (χ1) is 9.76. The number of rotatable bonds is 5. The van der Waals surface area contributed by atoms with Gasteiger partial charge in [-0.05, 0) is 31.2 Å². The molecule has 0 aliphatic heterocycles. The molecule has 2 rings (SSSR count). The highest BCUT2D eigenvalue weighted by molar-refractivity contribution is 6.09. The Labute approximate surface area is 116 Å². The number of nitrogens with one attached hydrogen (secondary N) is 2. The van der Waals surface area contributed by atoms with Gasteiger partial charge in [-0.15, -0.1) is 0 Å². The van der Waals surface area contributed by atoms with Crippen molar-refractivity contribution in [3.05, 3.63) is 48.3 Å². The predicted molar refractivity (Wildman–Crippen MR) is 78.9 cm³/mol. The minimum atomic E-state index is -0.520. The van der Waals surface area contributed by atoms with Crippen LogP contribution in [0.5, 0.6) is 0 Å². The summed E-state index contributed by atoms with van der Waals surface area (Å²) in [5, 5.41) is 11.2. The average molecular weight is 269 g/mol. The Morgan fingerprint density at radius 1 is 1.40 bits per heavy atom. The molecule has 0 fully saturated rings. The maximum absolute atomic E-state index is 11.6. The van der Waals surface area contributed by atoms with Crippen LogP contribution in [0.3, 0.4) is 0 Å². The van der Waals surface area contributed by atoms with Crippen molar-refractivity contribution in [2.75, 3.05) is 11.9 Å². The highest BCUT2D eigenvalue weighted by Crippen LogP contribution is 2.21. The lowest BCUT2D eigenvalue weighted by atomic mass is 10.2. The van der Waals surface area contributed by atoms with Gasteiger partial charge >= 0.3 is 5.97 Å². The van der Waals surface area contributed by atoms with E-state index in [2.05, 4.69) is 10.3 Å². The molecule has 0 amide bonds. The van der Waals surface area contributed by atoms with Gasteiger partial charge in [-0.3, -0.25) is 4.98 Å². The van der Waals surface area contributed by atoms with Crippen molar-refractivity contribution >= 4 is 28.8 Å². The van der Waals surface area contributed by atoms with E-state index in [9.17, 15) is 4.79 Å². The fourth-order valence-electron chi connectivity index (χ4n) is 1.76. The number of ether oxygens (including phenoxy) is 1. The maximum Gasteiger partial charge on any atom is 0.341 e. The van der Waals surface area contributed by atoms with E-state index < -0.39 is 5.97 Å². The van der Waals surface area contributed by atoms with Crippen molar-refractivity contribution in [3.8, 4) is 0 Å². The lowest BCUT2D eigenvalue weighted by molar-refractivity contribution is -0.137. The van der Waals surface area contributed by atoms with Gasteiger partial charge in [0, 0.05) is 29.7 Å². The summed E-state index contributed by atoms with van der Waals surface area (Å²) in [6.45, 7) is 2.01. The van der Waals surface area contributed by atoms with Crippen LogP contribution in [0.25, 0.3) is 10.9 Å². The molecule has 0 spiro atoms. The number of nitrogens with zero attached hydrogens (tertiary/aromatic N) is 1. The minimum absolute atomic E-state index is 0.160. The molecule has 5 heteroatoms. The number of pyridine rings is 1. The van der Waals surface area contributed by atoms with Gasteiger partial charge in [0.05, 0.1) is 17.7 Å². The first-order valence-electron chi connectivity index (χ1n) is 6.24. The van der Waals surface area contributed by atoms with E-state index in [1.165, 1.54) is 6.20 Å². The monoisotopic (exact) mass is 269 g/mol. The fraction of sp³-hybridized carbons (Fsp3) is 0.133. The van der Waals surface area contributed by atoms with Crippen LogP contribution in [0.1, 0.15) is 6.92 Å². The van der Waals surface area contributed by atoms with E-state index in [-0.39, 0.29) is 12.2 Å². The summed E-state index contributed by atoms with van der Waals surface area (Å²) in [5.41, 5.74) is 1.84. The average Bonchev–Trinajstić information content (AvgIpc) is 2.48. The third kappa shape index (κ3) is 3.00. The third-order valence-corrected chi connectivity index (χ3v) is 2.70. The summed E-state index contributed by atoms with van der Waals surface area (Å²) in [6.07, 6.45) is 4.16. The molecule has 1 aromatic heterocycles. The zero-order valence-electron chi connectivity index (χ0n) is 11.1. The Morgan fingerprint density at radius 3 is 3.00 bits per heavy atom. The molecule has 0 aliphatic carbocycles. The second-order valence-corrected chi connectivity index (χ2v) is 3.98. The number of esters is 1. The molecule has 20 heavy (non-hydrogen) atoms. The summed E-state index contributed by atoms with van der Waals surface area (Å²) in [4.78, 5) is 15.8. The van der Waals surface area contributed by atoms with Gasteiger partial charge in [-0.1, -0.05) is 6.07 Å². The van der Waals surface area contributed by atoms with Gasteiger partial charge in [0.2, 0.25) is 0 Å². The molecular weight excluding hydrogens is 254 g/mol. The molecule has 0 saturated carbocycles. The molecular formula is C15H15N3O2. The van der Waals surface area contributed by atoms with Crippen molar-refractivity contribution < 1.29 is 9.53 Å². The quantitative estimate of drug-likeness (QED) is 0.497. The number of carbonyl (C=O) groups is 1. The smallest absolute Gasteiger partial charge is 0.341 e. The number of hydrogen-bond donors (Lipinski definition) is 2. The second kappa shape index (κ2) is 6.47. The summed E-state index contributed by atoms with van der Waals surface area (Å²) in [6, 6.07) is 9.45. The van der Waals surface area contributed by atoms with Crippen molar-refractivity contribution in [1.29, 1.82) is 5.41 Å². The van der Waals surface area contributed by atoms with Crippen LogP contribution in [0, 0.1) is 5.41 Å². The van der Waals surface area contributed by atoms with Gasteiger partial charge < -0.3 is 15.5 Å². The Hall–Kier alpha value is -2.69. The normalized spacial score (nSPS) is 11.2. The third-order valence-electron chi connectivity index (χ3n) is 2.70. The molecule has 0 unspecified atom stereocenters. The second-order valence-electron chi connectivity index (χ2n) is 3.98. The molecule has 0 aliphatic rings. The van der Waals surface area contributed by atoms with Crippen LogP contribution in [-0.2, 0) is 9.53 Å². The van der Waals surface area contributed by atoms with Crippen LogP contribution in [0.15, 0.2) is 48.3 Å². The Balaban J connectivity index is 2.28. The standard InChI is InChI=1S/C15H15N3O2/c1-2-20-15(19)11(9-16)10-18-14-7-3-6-13-12(14)5-4-8-17-13/h3-10,16,18H,2H2,1H3/b11-10+,16-9?. The zero-order valence-corrected chi connectivity index (χ0v) is 11.1. The highest BCUT2D eigenvalue weighted by Gasteiger charge is 2.07. The molecule has 2 aromatic rings. The van der Waals surface area contributed by atoms with Gasteiger partial charge in [-0.25, -0.2) is 4.79 Å². The van der Waals surface area contributed by atoms with Gasteiger partial charge in [0.1, 0.15) is 0 Å². The molecule has 0 radical (unpaired) electrons. The summed E-state index contributed by atoms with van der Waals surface area (Å²) < 4.78 is 4.86. The lowest BCUT2D eigenvalue weighted by Gasteiger charge is -2.07. The Morgan fingerprint density at radius 2 is 2.25 bits per heavy atom. The Bertz CT molecular complexity index is 660. The van der Waals surface area contributed by atoms with Crippen LogP contribution in [0.2, 0.25) is 0 Å². The zero-order chi connectivity index (χ0) is 14.4. The van der Waals surface area contributed by atoms with E-state index in [0.29, 0.717) is 0 Å². The van der Waals surface area contributed by atoms with Crippen LogP contribution < -0.4 is 5.32 Å². The molecule has 0 bridgehead atoms. The van der Waals surface area contributed by atoms with Gasteiger partial charge in [-0.2, -0.15) is 0 Å². The predicted octanol–water partition coefficient (Wildman–Crippen LogP) is 2.74. The SMILES string of the molecule is CCOC(=O)/C(C=N)=C/Nc1cccc2ncccc12. The number of hydrogen-bond acceptors (Lipinski definition) is 5. The topological polar surface area (TPSA) is 75.1 Å². The first kappa shape index (κ1) is 13.7. The first-order valence-corrected chi connectivity index (χ1v) is 6.24. The molecule has 2 N–H and O–H groups in total. The summed E-state index contributed by atoms with van der Waals surface area (Å²) >= 11 is 0. The van der Waals surface area contributed by atoms with Crippen molar-refractivity contribution in [2.45, 2.75) is 6.92 Å². The van der Waals surface area contributed by atoms with E-state index in [1.807, 2.05) is 30.3 Å². The number of aromatic nitrogens is 1. The minimum Gasteiger partial charge on any atom is -0.462 e.